The summed E-state index contributed by atoms with van der Waals surface area (Å²) in [5.74, 6) is 1.62. The van der Waals surface area contributed by atoms with Gasteiger partial charge < -0.3 is 14.4 Å². The van der Waals surface area contributed by atoms with Crippen molar-refractivity contribution in [2.24, 2.45) is 0 Å². The lowest BCUT2D eigenvalue weighted by molar-refractivity contribution is 0.0251. The van der Waals surface area contributed by atoms with Gasteiger partial charge >= 0.3 is 0 Å². The highest BCUT2D eigenvalue weighted by atomic mass is 32.2. The highest BCUT2D eigenvalue weighted by Crippen LogP contribution is 2.38. The van der Waals surface area contributed by atoms with Crippen LogP contribution in [0.2, 0.25) is 0 Å². The molecule has 3 nitrogen and oxygen atoms in total. The Labute approximate surface area is 187 Å². The van der Waals surface area contributed by atoms with E-state index >= 15 is 0 Å². The summed E-state index contributed by atoms with van der Waals surface area (Å²) < 4.78 is 11.3. The molecule has 0 saturated carbocycles. The fourth-order valence-electron chi connectivity index (χ4n) is 4.64. The van der Waals surface area contributed by atoms with Crippen LogP contribution in [0.15, 0.2) is 47.4 Å². The zero-order valence-corrected chi connectivity index (χ0v) is 19.8. The number of benzene rings is 2. The van der Waals surface area contributed by atoms with Gasteiger partial charge in [-0.1, -0.05) is 32.0 Å². The van der Waals surface area contributed by atoms with Crippen molar-refractivity contribution in [3.05, 3.63) is 48.0 Å². The first-order valence-electron chi connectivity index (χ1n) is 11.4. The summed E-state index contributed by atoms with van der Waals surface area (Å²) in [7, 11) is 1.79. The molecule has 0 bridgehead atoms. The van der Waals surface area contributed by atoms with Crippen molar-refractivity contribution >= 4 is 11.8 Å². The molecule has 0 N–H and O–H groups in total. The van der Waals surface area contributed by atoms with E-state index in [1.54, 1.807) is 18.9 Å². The van der Waals surface area contributed by atoms with Crippen LogP contribution in [-0.2, 0) is 4.74 Å². The van der Waals surface area contributed by atoms with E-state index in [0.717, 1.165) is 25.0 Å². The van der Waals surface area contributed by atoms with Crippen molar-refractivity contribution in [3.63, 3.8) is 0 Å². The van der Waals surface area contributed by atoms with Crippen molar-refractivity contribution < 1.29 is 9.47 Å². The lowest BCUT2D eigenvalue weighted by atomic mass is 9.86. The predicted molar refractivity (Wildman–Crippen MR) is 129 cm³/mol. The molecule has 0 aromatic heterocycles. The molecule has 0 atom stereocenters. The van der Waals surface area contributed by atoms with Crippen LogP contribution in [0.4, 0.5) is 0 Å². The second-order valence-electron chi connectivity index (χ2n) is 7.84. The molecular weight excluding hydrogens is 390 g/mol. The Balaban J connectivity index is 0.00000124. The van der Waals surface area contributed by atoms with Crippen molar-refractivity contribution in [2.45, 2.75) is 56.4 Å². The van der Waals surface area contributed by atoms with Gasteiger partial charge in [-0.2, -0.15) is 0 Å². The van der Waals surface area contributed by atoms with Crippen LogP contribution in [0, 0.1) is 0 Å². The van der Waals surface area contributed by atoms with Gasteiger partial charge in [-0.3, -0.25) is 0 Å². The Morgan fingerprint density at radius 3 is 2.13 bits per heavy atom. The fourth-order valence-corrected chi connectivity index (χ4v) is 5.05. The van der Waals surface area contributed by atoms with E-state index in [2.05, 4.69) is 53.6 Å². The van der Waals surface area contributed by atoms with Gasteiger partial charge in [0.05, 0.1) is 7.11 Å². The summed E-state index contributed by atoms with van der Waals surface area (Å²) in [6.07, 6.45) is 6.92. The van der Waals surface area contributed by atoms with Crippen LogP contribution in [0.3, 0.4) is 0 Å². The van der Waals surface area contributed by atoms with Crippen molar-refractivity contribution in [3.8, 4) is 16.9 Å². The fraction of sp³-hybridized carbons (Fsp3) is 0.538. The van der Waals surface area contributed by atoms with Crippen LogP contribution in [-0.4, -0.2) is 50.6 Å². The standard InChI is InChI=1S/C24H31NO2S.C2H6/c1-26-24-8-5-20(18-3-6-22(28-2)7-4-18)17-23(24)19-9-13-25(14-10-19)21-11-15-27-16-12-21;1-2/h3-8,17,19,21H,9-16H2,1-2H3;1-2H3. The molecule has 2 saturated heterocycles. The lowest BCUT2D eigenvalue weighted by Gasteiger charge is -2.39. The Kier molecular flexibility index (Phi) is 9.10. The molecule has 2 heterocycles. The zero-order valence-electron chi connectivity index (χ0n) is 19.0. The average molecular weight is 428 g/mol. The molecule has 0 radical (unpaired) electrons. The van der Waals surface area contributed by atoms with Crippen LogP contribution in [0.5, 0.6) is 5.75 Å². The van der Waals surface area contributed by atoms with E-state index in [0.29, 0.717) is 5.92 Å². The van der Waals surface area contributed by atoms with Gasteiger partial charge in [-0.15, -0.1) is 11.8 Å². The lowest BCUT2D eigenvalue weighted by Crippen LogP contribution is -2.43. The minimum atomic E-state index is 0.580. The van der Waals surface area contributed by atoms with Crippen molar-refractivity contribution in [1.82, 2.24) is 4.90 Å². The molecule has 0 aliphatic carbocycles. The third-order valence-corrected chi connectivity index (χ3v) is 7.07. The van der Waals surface area contributed by atoms with Gasteiger partial charge in [-0.25, -0.2) is 0 Å². The summed E-state index contributed by atoms with van der Waals surface area (Å²) in [4.78, 5) is 3.99. The first-order chi connectivity index (χ1) is 14.8. The molecule has 30 heavy (non-hydrogen) atoms. The third kappa shape index (κ3) is 5.60. The molecule has 2 aliphatic heterocycles. The van der Waals surface area contributed by atoms with E-state index < -0.39 is 0 Å². The maximum Gasteiger partial charge on any atom is 0.122 e. The number of rotatable bonds is 5. The highest BCUT2D eigenvalue weighted by molar-refractivity contribution is 7.98. The van der Waals surface area contributed by atoms with Crippen molar-refractivity contribution in [1.29, 1.82) is 0 Å². The van der Waals surface area contributed by atoms with Gasteiger partial charge in [0, 0.05) is 24.2 Å². The van der Waals surface area contributed by atoms with Crippen LogP contribution in [0.1, 0.15) is 51.0 Å². The first-order valence-corrected chi connectivity index (χ1v) is 12.6. The van der Waals surface area contributed by atoms with E-state index in [1.807, 2.05) is 13.8 Å². The van der Waals surface area contributed by atoms with Gasteiger partial charge in [0.2, 0.25) is 0 Å². The summed E-state index contributed by atoms with van der Waals surface area (Å²) in [5, 5.41) is 0. The number of nitrogens with zero attached hydrogens (tertiary/aromatic N) is 1. The largest absolute Gasteiger partial charge is 0.496 e. The minimum Gasteiger partial charge on any atom is -0.496 e. The smallest absolute Gasteiger partial charge is 0.122 e. The molecule has 0 amide bonds. The molecule has 2 fully saturated rings. The predicted octanol–water partition coefficient (Wildman–Crippen LogP) is 6.47. The molecule has 0 spiro atoms. The summed E-state index contributed by atoms with van der Waals surface area (Å²) in [6.45, 7) is 8.22. The number of ether oxygens (including phenoxy) is 2. The summed E-state index contributed by atoms with van der Waals surface area (Å²) in [6, 6.07) is 16.3. The summed E-state index contributed by atoms with van der Waals surface area (Å²) >= 11 is 1.78. The second-order valence-corrected chi connectivity index (χ2v) is 8.72. The van der Waals surface area contributed by atoms with Crippen LogP contribution < -0.4 is 4.74 Å². The molecular formula is C26H37NO2S. The Hall–Kier alpha value is -1.49. The van der Waals surface area contributed by atoms with Gasteiger partial charge in [0.15, 0.2) is 0 Å². The highest BCUT2D eigenvalue weighted by Gasteiger charge is 2.28. The van der Waals surface area contributed by atoms with Crippen molar-refractivity contribution in [2.75, 3.05) is 39.7 Å². The number of likely N-dealkylation sites (tertiary alicyclic amines) is 1. The molecule has 2 aromatic rings. The Morgan fingerprint density at radius 2 is 1.53 bits per heavy atom. The number of piperidine rings is 1. The second kappa shape index (κ2) is 11.8. The minimum absolute atomic E-state index is 0.580. The quantitative estimate of drug-likeness (QED) is 0.510. The molecule has 2 aliphatic rings. The monoisotopic (exact) mass is 427 g/mol. The average Bonchev–Trinajstić information content (AvgIpc) is 2.85. The Morgan fingerprint density at radius 1 is 0.900 bits per heavy atom. The molecule has 0 unspecified atom stereocenters. The molecule has 164 valence electrons. The molecule has 4 rings (SSSR count). The van der Waals surface area contributed by atoms with E-state index in [4.69, 9.17) is 9.47 Å². The van der Waals surface area contributed by atoms with Gasteiger partial charge in [0.25, 0.3) is 0 Å². The van der Waals surface area contributed by atoms with Crippen LogP contribution in [0.25, 0.3) is 11.1 Å². The first kappa shape index (κ1) is 23.2. The molecule has 2 aromatic carbocycles. The Bertz CT molecular complexity index is 763. The SMILES string of the molecule is CC.COc1ccc(-c2ccc(SC)cc2)cc1C1CCN(C2CCOCC2)CC1. The number of hydrogen-bond donors (Lipinski definition) is 0. The maximum atomic E-state index is 5.74. The number of methoxy groups -OCH3 is 1. The molecule has 4 heteroatoms. The van der Waals surface area contributed by atoms with Gasteiger partial charge in [0.1, 0.15) is 5.75 Å². The maximum absolute atomic E-state index is 5.74. The van der Waals surface area contributed by atoms with E-state index in [-0.39, 0.29) is 0 Å². The number of thioether (sulfide) groups is 1. The van der Waals surface area contributed by atoms with Gasteiger partial charge in [-0.05, 0) is 91.9 Å². The topological polar surface area (TPSA) is 21.7 Å². The normalized spacial score (nSPS) is 18.5. The zero-order chi connectivity index (χ0) is 21.3. The van der Waals surface area contributed by atoms with E-state index in [9.17, 15) is 0 Å². The third-order valence-electron chi connectivity index (χ3n) is 6.33. The van der Waals surface area contributed by atoms with E-state index in [1.165, 1.54) is 60.4 Å². The summed E-state index contributed by atoms with van der Waals surface area (Å²) in [5.41, 5.74) is 3.94. The number of hydrogen-bond acceptors (Lipinski definition) is 4. The van der Waals surface area contributed by atoms with Crippen LogP contribution >= 0.6 is 11.8 Å².